The zero-order valence-electron chi connectivity index (χ0n) is 11.9. The van der Waals surface area contributed by atoms with Gasteiger partial charge in [0.25, 0.3) is 0 Å². The number of oxime groups is 1. The Morgan fingerprint density at radius 1 is 1.30 bits per heavy atom. The molecule has 0 spiro atoms. The number of benzene rings is 1. The molecule has 0 aliphatic carbocycles. The first kappa shape index (κ1) is 14.6. The van der Waals surface area contributed by atoms with Gasteiger partial charge in [-0.3, -0.25) is 0 Å². The van der Waals surface area contributed by atoms with E-state index in [1.807, 2.05) is 0 Å². The molecule has 1 aliphatic heterocycles. The second kappa shape index (κ2) is 5.45. The van der Waals surface area contributed by atoms with Crippen LogP contribution in [0.3, 0.4) is 0 Å². The van der Waals surface area contributed by atoms with E-state index < -0.39 is 17.7 Å². The summed E-state index contributed by atoms with van der Waals surface area (Å²) in [4.78, 5) is 26.8. The minimum absolute atomic E-state index is 0.289. The fraction of sp³-hybridized carbons (Fsp3) is 0.0625. The van der Waals surface area contributed by atoms with Crippen molar-refractivity contribution in [1.29, 1.82) is 0 Å². The zero-order valence-corrected chi connectivity index (χ0v) is 11.9. The van der Waals surface area contributed by atoms with Crippen LogP contribution >= 0.6 is 0 Å². The molecule has 2 heterocycles. The van der Waals surface area contributed by atoms with Crippen LogP contribution in [0.5, 0.6) is 5.75 Å². The van der Waals surface area contributed by atoms with Crippen LogP contribution in [0.4, 0.5) is 0 Å². The first-order valence-electron chi connectivity index (χ1n) is 6.58. The van der Waals surface area contributed by atoms with E-state index in [0.29, 0.717) is 22.8 Å². The normalized spacial score (nSPS) is 15.6. The smallest absolute Gasteiger partial charge is 0.367 e. The second-order valence-corrected chi connectivity index (χ2v) is 4.83. The molecule has 0 saturated carbocycles. The second-order valence-electron chi connectivity index (χ2n) is 4.83. The Balaban J connectivity index is 1.92. The highest BCUT2D eigenvalue weighted by Crippen LogP contribution is 2.28. The predicted molar refractivity (Wildman–Crippen MR) is 77.7 cm³/mol. The molecule has 1 aromatic heterocycles. The lowest BCUT2D eigenvalue weighted by molar-refractivity contribution is -0.268. The SMILES string of the molecule is CC1=NOC(=O)/C1=C\c1ccc(-c2ccc(C(=O)O)c([O-])c2)o1. The third-order valence-electron chi connectivity index (χ3n) is 3.29. The van der Waals surface area contributed by atoms with Gasteiger partial charge in [-0.25, -0.2) is 9.59 Å². The van der Waals surface area contributed by atoms with Crippen molar-refractivity contribution in [2.75, 3.05) is 0 Å². The van der Waals surface area contributed by atoms with Gasteiger partial charge in [0.2, 0.25) is 0 Å². The van der Waals surface area contributed by atoms with E-state index in [9.17, 15) is 14.7 Å². The Kier molecular flexibility index (Phi) is 3.46. The number of aromatic carboxylic acids is 1. The van der Waals surface area contributed by atoms with Gasteiger partial charge in [0.1, 0.15) is 11.5 Å². The Morgan fingerprint density at radius 2 is 2.09 bits per heavy atom. The van der Waals surface area contributed by atoms with Gasteiger partial charge in [0.05, 0.1) is 16.8 Å². The lowest BCUT2D eigenvalue weighted by atomic mass is 10.1. The minimum atomic E-state index is -1.28. The number of hydrogen-bond acceptors (Lipinski definition) is 6. The van der Waals surface area contributed by atoms with Crippen molar-refractivity contribution in [2.24, 2.45) is 5.16 Å². The van der Waals surface area contributed by atoms with Crippen LogP contribution in [0, 0.1) is 0 Å². The molecule has 0 radical (unpaired) electrons. The quantitative estimate of drug-likeness (QED) is 0.685. The van der Waals surface area contributed by atoms with E-state index in [-0.39, 0.29) is 11.1 Å². The molecule has 0 amide bonds. The number of carboxylic acid groups (broad SMARTS) is 1. The van der Waals surface area contributed by atoms with Gasteiger partial charge in [0.15, 0.2) is 0 Å². The number of carbonyl (C=O) groups is 2. The standard InChI is InChI=1S/C16H11NO6/c1-8-12(16(21)23-17-8)7-10-3-5-14(22-10)9-2-4-11(15(19)20)13(18)6-9/h2-7,18H,1H3,(H,19,20)/p-1/b12-7-. The molecule has 1 aliphatic rings. The van der Waals surface area contributed by atoms with Crippen LogP contribution in [0.2, 0.25) is 0 Å². The molecule has 116 valence electrons. The first-order chi connectivity index (χ1) is 11.0. The van der Waals surface area contributed by atoms with Crippen molar-refractivity contribution in [3.63, 3.8) is 0 Å². The van der Waals surface area contributed by atoms with Crippen molar-refractivity contribution < 1.29 is 29.1 Å². The van der Waals surface area contributed by atoms with Gasteiger partial charge in [0, 0.05) is 5.56 Å². The van der Waals surface area contributed by atoms with Crippen molar-refractivity contribution in [3.8, 4) is 17.1 Å². The van der Waals surface area contributed by atoms with Crippen LogP contribution in [0.1, 0.15) is 23.0 Å². The van der Waals surface area contributed by atoms with Gasteiger partial charge in [-0.2, -0.15) is 0 Å². The Bertz CT molecular complexity index is 874. The van der Waals surface area contributed by atoms with E-state index in [0.717, 1.165) is 0 Å². The average molecular weight is 312 g/mol. The largest absolute Gasteiger partial charge is 0.872 e. The summed E-state index contributed by atoms with van der Waals surface area (Å²) in [5, 5.41) is 24.1. The molecular formula is C16H10NO6-. The molecule has 0 bridgehead atoms. The topological polar surface area (TPSA) is 112 Å². The molecule has 3 rings (SSSR count). The highest BCUT2D eigenvalue weighted by atomic mass is 16.7. The highest BCUT2D eigenvalue weighted by Gasteiger charge is 2.22. The molecule has 0 atom stereocenters. The third kappa shape index (κ3) is 2.71. The zero-order chi connectivity index (χ0) is 16.6. The minimum Gasteiger partial charge on any atom is -0.872 e. The molecule has 0 unspecified atom stereocenters. The predicted octanol–water partition coefficient (Wildman–Crippen LogP) is 2.03. The number of nitrogens with zero attached hydrogens (tertiary/aromatic N) is 1. The first-order valence-corrected chi connectivity index (χ1v) is 6.58. The molecule has 2 aromatic rings. The summed E-state index contributed by atoms with van der Waals surface area (Å²) in [6, 6.07) is 7.14. The summed E-state index contributed by atoms with van der Waals surface area (Å²) in [5.74, 6) is -1.67. The number of carbonyl (C=O) groups excluding carboxylic acids is 1. The molecule has 0 saturated heterocycles. The van der Waals surface area contributed by atoms with E-state index in [2.05, 4.69) is 9.99 Å². The molecule has 7 heteroatoms. The van der Waals surface area contributed by atoms with Gasteiger partial charge in [-0.15, -0.1) is 0 Å². The van der Waals surface area contributed by atoms with Crippen molar-refractivity contribution in [3.05, 3.63) is 47.2 Å². The number of hydrogen-bond donors (Lipinski definition) is 1. The molecular weight excluding hydrogens is 302 g/mol. The lowest BCUT2D eigenvalue weighted by Crippen LogP contribution is -2.03. The van der Waals surface area contributed by atoms with Gasteiger partial charge >= 0.3 is 11.9 Å². The molecule has 1 aromatic carbocycles. The number of rotatable bonds is 3. The lowest BCUT2D eigenvalue weighted by Gasteiger charge is -2.10. The van der Waals surface area contributed by atoms with Crippen LogP contribution in [0.25, 0.3) is 17.4 Å². The van der Waals surface area contributed by atoms with Crippen molar-refractivity contribution in [2.45, 2.75) is 6.92 Å². The summed E-state index contributed by atoms with van der Waals surface area (Å²) in [7, 11) is 0. The van der Waals surface area contributed by atoms with Crippen LogP contribution in [-0.4, -0.2) is 22.8 Å². The highest BCUT2D eigenvalue weighted by molar-refractivity contribution is 6.24. The van der Waals surface area contributed by atoms with Crippen LogP contribution in [0.15, 0.2) is 45.5 Å². The number of carboxylic acids is 1. The fourth-order valence-corrected chi connectivity index (χ4v) is 2.10. The fourth-order valence-electron chi connectivity index (χ4n) is 2.10. The van der Waals surface area contributed by atoms with E-state index in [1.165, 1.54) is 24.3 Å². The Morgan fingerprint density at radius 3 is 2.70 bits per heavy atom. The van der Waals surface area contributed by atoms with Crippen LogP contribution in [-0.2, 0) is 9.63 Å². The molecule has 1 N–H and O–H groups in total. The van der Waals surface area contributed by atoms with Crippen molar-refractivity contribution >= 4 is 23.7 Å². The molecule has 0 fully saturated rings. The monoisotopic (exact) mass is 312 g/mol. The average Bonchev–Trinajstić information content (AvgIpc) is 3.09. The van der Waals surface area contributed by atoms with E-state index in [4.69, 9.17) is 9.52 Å². The third-order valence-corrected chi connectivity index (χ3v) is 3.29. The summed E-state index contributed by atoms with van der Waals surface area (Å²) in [6.07, 6.45) is 1.49. The summed E-state index contributed by atoms with van der Waals surface area (Å²) >= 11 is 0. The summed E-state index contributed by atoms with van der Waals surface area (Å²) < 4.78 is 5.56. The maximum Gasteiger partial charge on any atom is 0.367 e. The van der Waals surface area contributed by atoms with Gasteiger partial charge in [-0.05, 0) is 31.2 Å². The Labute approximate surface area is 130 Å². The maximum absolute atomic E-state index is 11.7. The molecule has 7 nitrogen and oxygen atoms in total. The maximum atomic E-state index is 11.7. The van der Waals surface area contributed by atoms with Crippen molar-refractivity contribution in [1.82, 2.24) is 0 Å². The summed E-state index contributed by atoms with van der Waals surface area (Å²) in [5.41, 5.74) is 0.879. The van der Waals surface area contributed by atoms with Gasteiger partial charge < -0.3 is 19.5 Å². The van der Waals surface area contributed by atoms with E-state index in [1.54, 1.807) is 19.1 Å². The van der Waals surface area contributed by atoms with Gasteiger partial charge in [-0.1, -0.05) is 23.0 Å². The molecule has 23 heavy (non-hydrogen) atoms. The van der Waals surface area contributed by atoms with Crippen LogP contribution < -0.4 is 5.11 Å². The van der Waals surface area contributed by atoms with E-state index >= 15 is 0 Å². The summed E-state index contributed by atoms with van der Waals surface area (Å²) in [6.45, 7) is 1.63. The number of furan rings is 1. The Hall–Kier alpha value is -3.35.